The van der Waals surface area contributed by atoms with Gasteiger partial charge in [0.25, 0.3) is 5.95 Å². The minimum atomic E-state index is -0.00895. The summed E-state index contributed by atoms with van der Waals surface area (Å²) in [7, 11) is 0. The summed E-state index contributed by atoms with van der Waals surface area (Å²) in [5.74, 6) is 1.51. The number of anilines is 1. The number of hydrogen-bond donors (Lipinski definition) is 1. The van der Waals surface area contributed by atoms with Crippen LogP contribution in [-0.2, 0) is 5.41 Å². The second-order valence-electron chi connectivity index (χ2n) is 4.93. The average molecular weight is 222 g/mol. The molecule has 0 amide bonds. The molecule has 5 nitrogen and oxygen atoms in total. The largest absolute Gasteiger partial charge is 0.338 e. The van der Waals surface area contributed by atoms with Crippen LogP contribution in [0.15, 0.2) is 4.52 Å². The fraction of sp³-hybridized carbons (Fsp3) is 0.818. The molecular formula is C11H18N4O. The molecule has 1 saturated heterocycles. The molecule has 2 heterocycles. The Morgan fingerprint density at radius 3 is 2.56 bits per heavy atom. The maximum Gasteiger partial charge on any atom is 0.266 e. The number of nitrogens with zero attached hydrogens (tertiary/aromatic N) is 3. The van der Waals surface area contributed by atoms with Crippen molar-refractivity contribution in [2.24, 2.45) is 5.73 Å². The average Bonchev–Trinajstić information content (AvgIpc) is 2.86. The zero-order valence-corrected chi connectivity index (χ0v) is 9.48. The smallest absolute Gasteiger partial charge is 0.266 e. The van der Waals surface area contributed by atoms with Crippen LogP contribution in [0.5, 0.6) is 0 Å². The number of aromatic nitrogens is 2. The molecule has 0 spiro atoms. The first-order valence-corrected chi connectivity index (χ1v) is 6.13. The standard InChI is InChI=1S/C11H18N4O/c12-8-11(4-3-5-11)9-13-10(14-16-9)15-6-1-2-7-15/h1-8,12H2. The van der Waals surface area contributed by atoms with Crippen LogP contribution in [-0.4, -0.2) is 29.8 Å². The lowest BCUT2D eigenvalue weighted by Crippen LogP contribution is -2.41. The molecule has 16 heavy (non-hydrogen) atoms. The first kappa shape index (κ1) is 10.1. The molecule has 1 aliphatic heterocycles. The molecule has 88 valence electrons. The molecule has 1 saturated carbocycles. The van der Waals surface area contributed by atoms with Crippen LogP contribution >= 0.6 is 0 Å². The van der Waals surface area contributed by atoms with Crippen molar-refractivity contribution in [3.63, 3.8) is 0 Å². The van der Waals surface area contributed by atoms with Crippen molar-refractivity contribution in [2.75, 3.05) is 24.5 Å². The van der Waals surface area contributed by atoms with Gasteiger partial charge in [-0.2, -0.15) is 4.98 Å². The predicted molar refractivity (Wildman–Crippen MR) is 60.3 cm³/mol. The zero-order chi connectivity index (χ0) is 11.0. The van der Waals surface area contributed by atoms with Crippen molar-refractivity contribution in [1.29, 1.82) is 0 Å². The Kier molecular flexibility index (Phi) is 2.35. The fourth-order valence-corrected chi connectivity index (χ4v) is 2.59. The Bertz CT molecular complexity index is 360. The van der Waals surface area contributed by atoms with Crippen molar-refractivity contribution >= 4 is 5.95 Å². The van der Waals surface area contributed by atoms with E-state index in [0.717, 1.165) is 37.8 Å². The molecule has 0 atom stereocenters. The van der Waals surface area contributed by atoms with Crippen molar-refractivity contribution in [1.82, 2.24) is 10.1 Å². The highest BCUT2D eigenvalue weighted by atomic mass is 16.5. The van der Waals surface area contributed by atoms with Crippen LogP contribution in [0.25, 0.3) is 0 Å². The molecule has 5 heteroatoms. The lowest BCUT2D eigenvalue weighted by atomic mass is 9.69. The summed E-state index contributed by atoms with van der Waals surface area (Å²) in [4.78, 5) is 6.72. The topological polar surface area (TPSA) is 68.2 Å². The minimum absolute atomic E-state index is 0.00895. The van der Waals surface area contributed by atoms with Crippen LogP contribution in [0.1, 0.15) is 38.0 Å². The van der Waals surface area contributed by atoms with Gasteiger partial charge in [-0.15, -0.1) is 0 Å². The molecule has 0 unspecified atom stereocenters. The van der Waals surface area contributed by atoms with E-state index in [1.807, 2.05) is 0 Å². The first-order valence-electron chi connectivity index (χ1n) is 6.13. The van der Waals surface area contributed by atoms with E-state index in [0.29, 0.717) is 6.54 Å². The normalized spacial score (nSPS) is 23.4. The third-order valence-corrected chi connectivity index (χ3v) is 3.96. The van der Waals surface area contributed by atoms with E-state index < -0.39 is 0 Å². The van der Waals surface area contributed by atoms with E-state index in [1.165, 1.54) is 19.3 Å². The van der Waals surface area contributed by atoms with Gasteiger partial charge < -0.3 is 15.2 Å². The van der Waals surface area contributed by atoms with Crippen LogP contribution < -0.4 is 10.6 Å². The van der Waals surface area contributed by atoms with E-state index in [-0.39, 0.29) is 5.41 Å². The van der Waals surface area contributed by atoms with E-state index in [4.69, 9.17) is 10.3 Å². The third-order valence-electron chi connectivity index (χ3n) is 3.96. The summed E-state index contributed by atoms with van der Waals surface area (Å²) in [5, 5.41) is 4.08. The third kappa shape index (κ3) is 1.42. The second kappa shape index (κ2) is 3.73. The van der Waals surface area contributed by atoms with E-state index in [9.17, 15) is 0 Å². The molecular weight excluding hydrogens is 204 g/mol. The van der Waals surface area contributed by atoms with Gasteiger partial charge in [0.15, 0.2) is 0 Å². The molecule has 1 aromatic rings. The van der Waals surface area contributed by atoms with Gasteiger partial charge in [0, 0.05) is 19.6 Å². The minimum Gasteiger partial charge on any atom is -0.338 e. The number of nitrogens with two attached hydrogens (primary N) is 1. The Morgan fingerprint density at radius 2 is 2.00 bits per heavy atom. The molecule has 2 N–H and O–H groups in total. The Labute approximate surface area is 95.0 Å². The first-order chi connectivity index (χ1) is 7.84. The van der Waals surface area contributed by atoms with Crippen molar-refractivity contribution in [3.05, 3.63) is 5.89 Å². The second-order valence-corrected chi connectivity index (χ2v) is 4.93. The highest BCUT2D eigenvalue weighted by molar-refractivity contribution is 5.30. The maximum absolute atomic E-state index is 5.82. The summed E-state index contributed by atoms with van der Waals surface area (Å²) in [6.45, 7) is 2.72. The van der Waals surface area contributed by atoms with Gasteiger partial charge in [-0.25, -0.2) is 0 Å². The van der Waals surface area contributed by atoms with Gasteiger partial charge in [0.05, 0.1) is 5.41 Å². The molecule has 3 rings (SSSR count). The molecule has 0 aromatic carbocycles. The molecule has 0 radical (unpaired) electrons. The lowest BCUT2D eigenvalue weighted by Gasteiger charge is -2.36. The van der Waals surface area contributed by atoms with Crippen LogP contribution in [0.3, 0.4) is 0 Å². The Morgan fingerprint density at radius 1 is 1.25 bits per heavy atom. The van der Waals surface area contributed by atoms with Gasteiger partial charge in [-0.3, -0.25) is 0 Å². The Hall–Kier alpha value is -1.10. The van der Waals surface area contributed by atoms with E-state index in [1.54, 1.807) is 0 Å². The number of hydrogen-bond acceptors (Lipinski definition) is 5. The summed E-state index contributed by atoms with van der Waals surface area (Å²) >= 11 is 0. The van der Waals surface area contributed by atoms with Crippen molar-refractivity contribution < 1.29 is 4.52 Å². The highest BCUT2D eigenvalue weighted by Crippen LogP contribution is 2.42. The van der Waals surface area contributed by atoms with Crippen LogP contribution in [0.4, 0.5) is 5.95 Å². The monoisotopic (exact) mass is 222 g/mol. The predicted octanol–water partition coefficient (Wildman–Crippen LogP) is 1.05. The van der Waals surface area contributed by atoms with Crippen LogP contribution in [0.2, 0.25) is 0 Å². The molecule has 2 fully saturated rings. The highest BCUT2D eigenvalue weighted by Gasteiger charge is 2.42. The fourth-order valence-electron chi connectivity index (χ4n) is 2.59. The molecule has 1 aromatic heterocycles. The summed E-state index contributed by atoms with van der Waals surface area (Å²) in [5.41, 5.74) is 5.81. The molecule has 2 aliphatic rings. The van der Waals surface area contributed by atoms with E-state index >= 15 is 0 Å². The van der Waals surface area contributed by atoms with Gasteiger partial charge in [0.2, 0.25) is 5.89 Å². The summed E-state index contributed by atoms with van der Waals surface area (Å²) in [6, 6.07) is 0. The summed E-state index contributed by atoms with van der Waals surface area (Å²) < 4.78 is 5.39. The summed E-state index contributed by atoms with van der Waals surface area (Å²) in [6.07, 6.45) is 5.85. The molecule has 0 bridgehead atoms. The molecule has 1 aliphatic carbocycles. The van der Waals surface area contributed by atoms with Gasteiger partial charge in [-0.1, -0.05) is 6.42 Å². The Balaban J connectivity index is 1.81. The van der Waals surface area contributed by atoms with Gasteiger partial charge in [-0.05, 0) is 30.8 Å². The van der Waals surface area contributed by atoms with Crippen LogP contribution in [0, 0.1) is 0 Å². The van der Waals surface area contributed by atoms with Gasteiger partial charge >= 0.3 is 0 Å². The number of rotatable bonds is 3. The lowest BCUT2D eigenvalue weighted by molar-refractivity contribution is 0.182. The maximum atomic E-state index is 5.82. The van der Waals surface area contributed by atoms with Gasteiger partial charge in [0.1, 0.15) is 0 Å². The SMILES string of the molecule is NCC1(c2nc(N3CCCC3)no2)CCC1. The quantitative estimate of drug-likeness (QED) is 0.828. The van der Waals surface area contributed by atoms with Crippen molar-refractivity contribution in [3.8, 4) is 0 Å². The van der Waals surface area contributed by atoms with E-state index in [2.05, 4.69) is 15.0 Å². The zero-order valence-electron chi connectivity index (χ0n) is 9.48. The van der Waals surface area contributed by atoms with Crippen molar-refractivity contribution in [2.45, 2.75) is 37.5 Å².